The molecule has 2 aromatic carbocycles. The van der Waals surface area contributed by atoms with Crippen molar-refractivity contribution in [1.82, 2.24) is 10.6 Å². The Bertz CT molecular complexity index is 1040. The van der Waals surface area contributed by atoms with E-state index in [0.717, 1.165) is 43.4 Å². The second kappa shape index (κ2) is 14.2. The number of halogens is 3. The van der Waals surface area contributed by atoms with Gasteiger partial charge in [0.15, 0.2) is 0 Å². The van der Waals surface area contributed by atoms with Gasteiger partial charge in [-0.15, -0.1) is 0 Å². The fourth-order valence-electron chi connectivity index (χ4n) is 3.94. The smallest absolute Gasteiger partial charge is 0.416 e. The molecule has 0 bridgehead atoms. The van der Waals surface area contributed by atoms with Crippen LogP contribution in [0.1, 0.15) is 79.9 Å². The van der Waals surface area contributed by atoms with Crippen LogP contribution in [-0.2, 0) is 11.0 Å². The van der Waals surface area contributed by atoms with Gasteiger partial charge >= 0.3 is 18.2 Å². The predicted molar refractivity (Wildman–Crippen MR) is 135 cm³/mol. The zero-order valence-electron chi connectivity index (χ0n) is 21.0. The van der Waals surface area contributed by atoms with Crippen molar-refractivity contribution in [3.8, 4) is 0 Å². The molecule has 0 fully saturated rings. The number of carbonyl (C=O) groups excluding carboxylic acids is 2. The average molecular weight is 522 g/mol. The number of anilines is 1. The third kappa shape index (κ3) is 10.1. The highest BCUT2D eigenvalue weighted by Crippen LogP contribution is 2.31. The topological polar surface area (TPSA) is 108 Å². The molecule has 10 heteroatoms. The van der Waals surface area contributed by atoms with E-state index in [-0.39, 0.29) is 18.7 Å². The summed E-state index contributed by atoms with van der Waals surface area (Å²) in [4.78, 5) is 35.7. The number of hydrogen-bond donors (Lipinski definition) is 4. The fourth-order valence-corrected chi connectivity index (χ4v) is 3.94. The number of carbonyl (C=O) groups is 3. The Kier molecular flexibility index (Phi) is 11.4. The van der Waals surface area contributed by atoms with E-state index in [9.17, 15) is 27.6 Å². The Balaban J connectivity index is 2.17. The van der Waals surface area contributed by atoms with Gasteiger partial charge in [-0.25, -0.2) is 4.79 Å². The van der Waals surface area contributed by atoms with E-state index in [1.54, 1.807) is 24.3 Å². The summed E-state index contributed by atoms with van der Waals surface area (Å²) < 4.78 is 39.1. The molecule has 2 atom stereocenters. The summed E-state index contributed by atoms with van der Waals surface area (Å²) in [6.07, 6.45) is -0.134. The molecule has 0 radical (unpaired) electrons. The molecular weight excluding hydrogens is 487 g/mol. The van der Waals surface area contributed by atoms with Crippen LogP contribution in [0, 0.1) is 5.92 Å². The highest BCUT2D eigenvalue weighted by Gasteiger charge is 2.30. The highest BCUT2D eigenvalue weighted by molar-refractivity contribution is 5.94. The lowest BCUT2D eigenvalue weighted by atomic mass is 9.89. The molecule has 4 N–H and O–H groups in total. The predicted octanol–water partition coefficient (Wildman–Crippen LogP) is 6.38. The number of urea groups is 1. The molecule has 2 aromatic rings. The Hall–Kier alpha value is -3.56. The van der Waals surface area contributed by atoms with Crippen molar-refractivity contribution in [3.63, 3.8) is 0 Å². The fraction of sp³-hybridized carbons (Fsp3) is 0.444. The number of aliphatic carboxylic acids is 1. The Morgan fingerprint density at radius 3 is 2.32 bits per heavy atom. The van der Waals surface area contributed by atoms with Gasteiger partial charge in [0.1, 0.15) is 0 Å². The van der Waals surface area contributed by atoms with Gasteiger partial charge in [-0.2, -0.15) is 13.2 Å². The van der Waals surface area contributed by atoms with Gasteiger partial charge in [0, 0.05) is 17.8 Å². The first kappa shape index (κ1) is 29.7. The molecule has 202 valence electrons. The molecule has 0 aliphatic rings. The summed E-state index contributed by atoms with van der Waals surface area (Å²) in [5.41, 5.74) is 0.262. The molecule has 0 saturated carbocycles. The number of rotatable bonds is 13. The lowest BCUT2D eigenvalue weighted by molar-refractivity contribution is -0.138. The maximum absolute atomic E-state index is 13.0. The number of nitrogens with one attached hydrogen (secondary N) is 3. The minimum atomic E-state index is -4.52. The summed E-state index contributed by atoms with van der Waals surface area (Å²) >= 11 is 0. The molecule has 2 rings (SSSR count). The van der Waals surface area contributed by atoms with Crippen molar-refractivity contribution in [1.29, 1.82) is 0 Å². The minimum absolute atomic E-state index is 0.00537. The van der Waals surface area contributed by atoms with Crippen LogP contribution in [0.25, 0.3) is 0 Å². The monoisotopic (exact) mass is 521 g/mol. The van der Waals surface area contributed by atoms with Gasteiger partial charge in [0.2, 0.25) is 0 Å². The third-order valence-corrected chi connectivity index (χ3v) is 6.07. The third-order valence-electron chi connectivity index (χ3n) is 6.07. The number of carboxylic acid groups (broad SMARTS) is 1. The Labute approximate surface area is 214 Å². The summed E-state index contributed by atoms with van der Waals surface area (Å²) in [5.74, 6) is -1.10. The number of alkyl halides is 3. The quantitative estimate of drug-likeness (QED) is 0.245. The van der Waals surface area contributed by atoms with Crippen LogP contribution < -0.4 is 16.0 Å². The number of unbranched alkanes of at least 4 members (excludes halogenated alkanes) is 1. The van der Waals surface area contributed by atoms with Crippen LogP contribution in [0.4, 0.5) is 23.7 Å². The standard InChI is InChI=1S/C27H34F3N3O4/c1-3-5-7-18(4-2)16-23(19-10-12-20(13-11-19)25(36)31-15-14-24(34)35)33-26(37)32-22-9-6-8-21(17-22)27(28,29)30/h6,8-13,17-18,23H,3-5,7,14-16H2,1-2H3,(H,31,36)(H,34,35)(H2,32,33,37). The maximum Gasteiger partial charge on any atom is 0.416 e. The van der Waals surface area contributed by atoms with E-state index in [1.165, 1.54) is 12.1 Å². The zero-order valence-corrected chi connectivity index (χ0v) is 21.0. The first-order chi connectivity index (χ1) is 17.5. The van der Waals surface area contributed by atoms with Crippen molar-refractivity contribution in [2.45, 2.75) is 64.6 Å². The normalized spacial score (nSPS) is 12.9. The van der Waals surface area contributed by atoms with E-state index < -0.39 is 35.7 Å². The van der Waals surface area contributed by atoms with Crippen molar-refractivity contribution in [2.75, 3.05) is 11.9 Å². The summed E-state index contributed by atoms with van der Waals surface area (Å²) in [7, 11) is 0. The van der Waals surface area contributed by atoms with Crippen molar-refractivity contribution in [2.24, 2.45) is 5.92 Å². The second-order valence-electron chi connectivity index (χ2n) is 8.90. The van der Waals surface area contributed by atoms with Gasteiger partial charge in [0.05, 0.1) is 18.0 Å². The van der Waals surface area contributed by atoms with Gasteiger partial charge < -0.3 is 21.1 Å². The van der Waals surface area contributed by atoms with Gasteiger partial charge in [0.25, 0.3) is 5.91 Å². The lowest BCUT2D eigenvalue weighted by Crippen LogP contribution is -2.34. The van der Waals surface area contributed by atoms with Crippen molar-refractivity contribution >= 4 is 23.6 Å². The van der Waals surface area contributed by atoms with Gasteiger partial charge in [-0.1, -0.05) is 57.7 Å². The first-order valence-corrected chi connectivity index (χ1v) is 12.4. The van der Waals surface area contributed by atoms with Crippen LogP contribution >= 0.6 is 0 Å². The molecule has 7 nitrogen and oxygen atoms in total. The lowest BCUT2D eigenvalue weighted by Gasteiger charge is -2.25. The Morgan fingerprint density at radius 2 is 1.73 bits per heavy atom. The zero-order chi connectivity index (χ0) is 27.4. The highest BCUT2D eigenvalue weighted by atomic mass is 19.4. The molecule has 2 unspecified atom stereocenters. The molecule has 37 heavy (non-hydrogen) atoms. The molecule has 0 heterocycles. The van der Waals surface area contributed by atoms with Crippen LogP contribution in [0.3, 0.4) is 0 Å². The largest absolute Gasteiger partial charge is 0.481 e. The molecule has 0 aliphatic heterocycles. The molecule has 0 saturated heterocycles. The summed E-state index contributed by atoms with van der Waals surface area (Å²) in [6.45, 7) is 4.18. The van der Waals surface area contributed by atoms with E-state index in [1.807, 2.05) is 0 Å². The summed E-state index contributed by atoms with van der Waals surface area (Å²) in [5, 5.41) is 16.6. The van der Waals surface area contributed by atoms with Crippen molar-refractivity contribution < 1.29 is 32.7 Å². The number of benzene rings is 2. The van der Waals surface area contributed by atoms with E-state index in [0.29, 0.717) is 17.9 Å². The number of amides is 3. The molecular formula is C27H34F3N3O4. The summed E-state index contributed by atoms with van der Waals surface area (Å²) in [6, 6.07) is 9.98. The van der Waals surface area contributed by atoms with Gasteiger partial charge in [-0.05, 0) is 48.2 Å². The van der Waals surface area contributed by atoms with Crippen LogP contribution in [0.15, 0.2) is 48.5 Å². The SMILES string of the molecule is CCCCC(CC)CC(NC(=O)Nc1cccc(C(F)(F)F)c1)c1ccc(C(=O)NCCC(=O)O)cc1. The number of carboxylic acids is 1. The molecule has 0 aliphatic carbocycles. The molecule has 3 amide bonds. The van der Waals surface area contributed by atoms with Crippen molar-refractivity contribution in [3.05, 3.63) is 65.2 Å². The van der Waals surface area contributed by atoms with Crippen LogP contribution in [0.5, 0.6) is 0 Å². The molecule has 0 aromatic heterocycles. The maximum atomic E-state index is 13.0. The average Bonchev–Trinajstić information content (AvgIpc) is 2.85. The van der Waals surface area contributed by atoms with Crippen LogP contribution in [0.2, 0.25) is 0 Å². The first-order valence-electron chi connectivity index (χ1n) is 12.4. The number of hydrogen-bond acceptors (Lipinski definition) is 3. The van der Waals surface area contributed by atoms with E-state index in [4.69, 9.17) is 5.11 Å². The van der Waals surface area contributed by atoms with Gasteiger partial charge in [-0.3, -0.25) is 9.59 Å². The Morgan fingerprint density at radius 1 is 1.03 bits per heavy atom. The van der Waals surface area contributed by atoms with Crippen LogP contribution in [-0.4, -0.2) is 29.6 Å². The second-order valence-corrected chi connectivity index (χ2v) is 8.90. The molecule has 0 spiro atoms. The van der Waals surface area contributed by atoms with E-state index >= 15 is 0 Å². The van der Waals surface area contributed by atoms with E-state index in [2.05, 4.69) is 29.8 Å². The minimum Gasteiger partial charge on any atom is -0.481 e.